The fourth-order valence-corrected chi connectivity index (χ4v) is 3.79. The maximum Gasteiger partial charge on any atom is 0.292 e. The van der Waals surface area contributed by atoms with E-state index in [1.54, 1.807) is 12.4 Å². The van der Waals surface area contributed by atoms with Crippen LogP contribution in [0.25, 0.3) is 0 Å². The molecule has 0 radical (unpaired) electrons. The normalized spacial score (nSPS) is 18.0. The largest absolute Gasteiger partial charge is 0.385 e. The van der Waals surface area contributed by atoms with Gasteiger partial charge in [-0.15, -0.1) is 10.2 Å². The zero-order valence-electron chi connectivity index (χ0n) is 18.7. The molecule has 2 amide bonds. The van der Waals surface area contributed by atoms with E-state index in [1.807, 2.05) is 36.7 Å². The van der Waals surface area contributed by atoms with Crippen molar-refractivity contribution in [2.24, 2.45) is 7.05 Å². The molecule has 3 heterocycles. The number of anilines is 1. The van der Waals surface area contributed by atoms with E-state index < -0.39 is 36.9 Å². The van der Waals surface area contributed by atoms with Gasteiger partial charge >= 0.3 is 0 Å². The first-order valence-electron chi connectivity index (χ1n) is 10.7. The number of alkyl halides is 2. The van der Waals surface area contributed by atoms with Crippen molar-refractivity contribution in [1.29, 1.82) is 0 Å². The maximum atomic E-state index is 13.6. The van der Waals surface area contributed by atoms with Crippen LogP contribution < -0.4 is 5.32 Å². The first kappa shape index (κ1) is 23.4. The van der Waals surface area contributed by atoms with E-state index in [4.69, 9.17) is 0 Å². The number of aliphatic hydroxyl groups excluding tert-OH is 1. The molecular weight excluding hydrogens is 446 g/mol. The Morgan fingerprint density at radius 1 is 1.29 bits per heavy atom. The number of aromatic nitrogens is 4. The molecule has 2 aromatic heterocycles. The van der Waals surface area contributed by atoms with Crippen LogP contribution in [0.5, 0.6) is 0 Å². The Hall–Kier alpha value is -3.73. The van der Waals surface area contributed by atoms with Gasteiger partial charge in [-0.25, -0.2) is 8.78 Å². The Morgan fingerprint density at radius 2 is 2.09 bits per heavy atom. The first-order valence-corrected chi connectivity index (χ1v) is 10.7. The van der Waals surface area contributed by atoms with Crippen LogP contribution in [-0.2, 0) is 13.5 Å². The summed E-state index contributed by atoms with van der Waals surface area (Å²) in [7, 11) is 1.88. The molecule has 2 atom stereocenters. The van der Waals surface area contributed by atoms with Crippen molar-refractivity contribution in [1.82, 2.24) is 24.6 Å². The molecule has 1 saturated heterocycles. The number of nitrogens with one attached hydrogen (secondary N) is 1. The number of amides is 2. The summed E-state index contributed by atoms with van der Waals surface area (Å²) in [5.74, 6) is -3.65. The summed E-state index contributed by atoms with van der Waals surface area (Å²) in [5.41, 5.74) is 1.55. The molecule has 0 saturated carbocycles. The van der Waals surface area contributed by atoms with Crippen LogP contribution in [0.3, 0.4) is 0 Å². The van der Waals surface area contributed by atoms with E-state index in [9.17, 15) is 23.5 Å². The summed E-state index contributed by atoms with van der Waals surface area (Å²) in [6.45, 7) is 0.691. The summed E-state index contributed by atoms with van der Waals surface area (Å²) in [6, 6.07) is 9.96. The third-order valence-corrected chi connectivity index (χ3v) is 5.82. The number of aryl methyl sites for hydroxylation is 1. The standard InChI is InChI=1S/C23H24F2N6O3/c1-14(8-20-29-27-13-30(20)2)15-4-3-5-17(9-15)28-21(33)18-10-16(6-7-26-18)22(34)31-11-19(32)23(24,25)12-31/h3-7,9-10,13-14,19,32H,8,11-12H2,1-2H3,(H,28,33)/t14-,19?/m1/s1. The van der Waals surface area contributed by atoms with Gasteiger partial charge in [0.15, 0.2) is 0 Å². The number of halogens is 2. The number of benzene rings is 1. The number of hydrogen-bond acceptors (Lipinski definition) is 6. The van der Waals surface area contributed by atoms with Crippen molar-refractivity contribution in [3.63, 3.8) is 0 Å². The lowest BCUT2D eigenvalue weighted by Gasteiger charge is -2.16. The fourth-order valence-electron chi connectivity index (χ4n) is 3.79. The molecule has 4 rings (SSSR count). The van der Waals surface area contributed by atoms with Gasteiger partial charge in [0.25, 0.3) is 17.7 Å². The highest BCUT2D eigenvalue weighted by Gasteiger charge is 2.48. The van der Waals surface area contributed by atoms with Crippen LogP contribution in [-0.4, -0.2) is 66.7 Å². The van der Waals surface area contributed by atoms with Crippen LogP contribution in [0.1, 0.15) is 45.1 Å². The second-order valence-corrected chi connectivity index (χ2v) is 8.44. The minimum absolute atomic E-state index is 0.0325. The highest BCUT2D eigenvalue weighted by molar-refractivity contribution is 6.04. The molecule has 3 aromatic rings. The Balaban J connectivity index is 1.45. The third-order valence-electron chi connectivity index (χ3n) is 5.82. The van der Waals surface area contributed by atoms with Crippen molar-refractivity contribution in [3.8, 4) is 0 Å². The molecule has 1 aliphatic rings. The average molecular weight is 470 g/mol. The van der Waals surface area contributed by atoms with Gasteiger partial charge in [-0.2, -0.15) is 0 Å². The van der Waals surface area contributed by atoms with Crippen LogP contribution in [0.2, 0.25) is 0 Å². The smallest absolute Gasteiger partial charge is 0.292 e. The van der Waals surface area contributed by atoms with Gasteiger partial charge in [-0.1, -0.05) is 19.1 Å². The molecule has 0 aliphatic carbocycles. The molecule has 1 fully saturated rings. The number of likely N-dealkylation sites (tertiary alicyclic amines) is 1. The summed E-state index contributed by atoms with van der Waals surface area (Å²) in [6.07, 6.45) is 1.67. The van der Waals surface area contributed by atoms with E-state index in [1.165, 1.54) is 18.3 Å². The summed E-state index contributed by atoms with van der Waals surface area (Å²) in [4.78, 5) is 30.2. The molecule has 34 heavy (non-hydrogen) atoms. The van der Waals surface area contributed by atoms with E-state index in [0.29, 0.717) is 12.1 Å². The zero-order chi connectivity index (χ0) is 24.5. The molecule has 9 nitrogen and oxygen atoms in total. The summed E-state index contributed by atoms with van der Waals surface area (Å²) < 4.78 is 29.1. The number of rotatable bonds is 6. The number of nitrogens with zero attached hydrogens (tertiary/aromatic N) is 5. The number of pyridine rings is 1. The predicted molar refractivity (Wildman–Crippen MR) is 119 cm³/mol. The second kappa shape index (κ2) is 9.26. The molecular formula is C23H24F2N6O3. The molecule has 0 bridgehead atoms. The zero-order valence-corrected chi connectivity index (χ0v) is 18.7. The predicted octanol–water partition coefficient (Wildman–Crippen LogP) is 2.26. The van der Waals surface area contributed by atoms with Crippen molar-refractivity contribution in [2.45, 2.75) is 31.3 Å². The molecule has 2 N–H and O–H groups in total. The van der Waals surface area contributed by atoms with Crippen molar-refractivity contribution < 1.29 is 23.5 Å². The number of carbonyl (C=O) groups excluding carboxylic acids is 2. The Kier molecular flexibility index (Phi) is 6.38. The Labute approximate surface area is 194 Å². The lowest BCUT2D eigenvalue weighted by atomic mass is 9.97. The monoisotopic (exact) mass is 470 g/mol. The topological polar surface area (TPSA) is 113 Å². The molecule has 178 valence electrons. The van der Waals surface area contributed by atoms with Gasteiger partial charge in [-0.05, 0) is 35.7 Å². The number of β-amino-alcohol motifs (C(OH)–C–C–N with tert-alkyl or cyclic N) is 1. The summed E-state index contributed by atoms with van der Waals surface area (Å²) >= 11 is 0. The van der Waals surface area contributed by atoms with Crippen LogP contribution in [0.4, 0.5) is 14.5 Å². The molecule has 1 unspecified atom stereocenters. The van der Waals surface area contributed by atoms with Crippen molar-refractivity contribution in [2.75, 3.05) is 18.4 Å². The lowest BCUT2D eigenvalue weighted by molar-refractivity contribution is -0.0727. The molecule has 1 aromatic carbocycles. The minimum Gasteiger partial charge on any atom is -0.385 e. The SMILES string of the molecule is C[C@H](Cc1nncn1C)c1cccc(NC(=O)c2cc(C(=O)N3CC(O)C(F)(F)C3)ccn2)c1. The van der Waals surface area contributed by atoms with Crippen LogP contribution >= 0.6 is 0 Å². The Morgan fingerprint density at radius 3 is 2.76 bits per heavy atom. The van der Waals surface area contributed by atoms with E-state index in [-0.39, 0.29) is 17.2 Å². The Bertz CT molecular complexity index is 1210. The molecule has 11 heteroatoms. The van der Waals surface area contributed by atoms with Crippen LogP contribution in [0, 0.1) is 0 Å². The van der Waals surface area contributed by atoms with Gasteiger partial charge < -0.3 is 19.9 Å². The molecule has 0 spiro atoms. The van der Waals surface area contributed by atoms with Gasteiger partial charge in [0, 0.05) is 30.9 Å². The maximum absolute atomic E-state index is 13.6. The second-order valence-electron chi connectivity index (χ2n) is 8.44. The number of carbonyl (C=O) groups is 2. The first-order chi connectivity index (χ1) is 16.1. The van der Waals surface area contributed by atoms with Crippen LogP contribution in [0.15, 0.2) is 48.9 Å². The average Bonchev–Trinajstić information content (AvgIpc) is 3.34. The summed E-state index contributed by atoms with van der Waals surface area (Å²) in [5, 5.41) is 20.2. The quantitative estimate of drug-likeness (QED) is 0.572. The number of aliphatic hydroxyl groups is 1. The molecule has 1 aliphatic heterocycles. The van der Waals surface area contributed by atoms with Gasteiger partial charge in [0.05, 0.1) is 13.1 Å². The lowest BCUT2D eigenvalue weighted by Crippen LogP contribution is -2.32. The minimum atomic E-state index is -3.36. The third kappa shape index (κ3) is 4.93. The highest BCUT2D eigenvalue weighted by atomic mass is 19.3. The van der Waals surface area contributed by atoms with Crippen molar-refractivity contribution >= 4 is 17.5 Å². The van der Waals surface area contributed by atoms with E-state index in [2.05, 4.69) is 20.5 Å². The van der Waals surface area contributed by atoms with Gasteiger partial charge in [0.1, 0.15) is 23.9 Å². The fraction of sp³-hybridized carbons (Fsp3) is 0.348. The highest BCUT2D eigenvalue weighted by Crippen LogP contribution is 2.28. The number of hydrogen-bond donors (Lipinski definition) is 2. The van der Waals surface area contributed by atoms with Gasteiger partial charge in [0.2, 0.25) is 0 Å². The van der Waals surface area contributed by atoms with E-state index >= 15 is 0 Å². The van der Waals surface area contributed by atoms with Gasteiger partial charge in [-0.3, -0.25) is 14.6 Å². The van der Waals surface area contributed by atoms with E-state index in [0.717, 1.165) is 16.3 Å². The van der Waals surface area contributed by atoms with Crippen molar-refractivity contribution in [3.05, 3.63) is 71.6 Å².